The molecule has 22 heavy (non-hydrogen) atoms. The van der Waals surface area contributed by atoms with Gasteiger partial charge in [-0.25, -0.2) is 0 Å². The van der Waals surface area contributed by atoms with E-state index in [0.717, 1.165) is 24.8 Å². The van der Waals surface area contributed by atoms with Crippen LogP contribution in [0.5, 0.6) is 5.75 Å². The third kappa shape index (κ3) is 6.53. The first-order chi connectivity index (χ1) is 10.6. The van der Waals surface area contributed by atoms with Crippen LogP contribution in [0.4, 0.5) is 0 Å². The van der Waals surface area contributed by atoms with Crippen LogP contribution in [0.3, 0.4) is 0 Å². The number of hydrogen-bond donors (Lipinski definition) is 2. The van der Waals surface area contributed by atoms with Gasteiger partial charge < -0.3 is 19.5 Å². The molecule has 2 rings (SSSR count). The molecule has 0 amide bonds. The molecule has 0 saturated carbocycles. The molecule has 1 unspecified atom stereocenters. The van der Waals surface area contributed by atoms with Crippen molar-refractivity contribution in [1.82, 2.24) is 0 Å². The van der Waals surface area contributed by atoms with Crippen molar-refractivity contribution in [2.75, 3.05) is 39.5 Å². The van der Waals surface area contributed by atoms with Crippen molar-refractivity contribution in [2.24, 2.45) is 5.92 Å². The van der Waals surface area contributed by atoms with Gasteiger partial charge in [-0.2, -0.15) is 0 Å². The third-order valence-electron chi connectivity index (χ3n) is 4.01. The molecule has 0 aromatic heterocycles. The minimum Gasteiger partial charge on any atom is -0.491 e. The van der Waals surface area contributed by atoms with E-state index in [1.165, 1.54) is 24.3 Å². The first-order valence-electron chi connectivity index (χ1n) is 8.11. The standard InChI is InChI=1S/C17H26ClNO3/c1-14-3-2-8-19(11-14)12-16(20)13-21-9-10-22-17-6-4-15(18)5-7-17/h4-7,14,16,20H,2-3,8-13H2,1H3/p+1/t14-,16+/m1/s1. The summed E-state index contributed by atoms with van der Waals surface area (Å²) in [6, 6.07) is 7.25. The van der Waals surface area contributed by atoms with Gasteiger partial charge in [0.15, 0.2) is 0 Å². The molecule has 2 N–H and O–H groups in total. The number of quaternary nitrogens is 1. The van der Waals surface area contributed by atoms with Crippen LogP contribution in [0.25, 0.3) is 0 Å². The molecule has 1 aromatic rings. The second-order valence-corrected chi connectivity index (χ2v) is 6.62. The number of rotatable bonds is 8. The zero-order valence-corrected chi connectivity index (χ0v) is 14.0. The Morgan fingerprint density at radius 1 is 1.32 bits per heavy atom. The van der Waals surface area contributed by atoms with Crippen molar-refractivity contribution >= 4 is 11.6 Å². The number of aliphatic hydroxyl groups excluding tert-OH is 1. The molecule has 3 atom stereocenters. The minimum absolute atomic E-state index is 0.377. The average molecular weight is 329 g/mol. The predicted octanol–water partition coefficient (Wildman–Crippen LogP) is 1.41. The third-order valence-corrected chi connectivity index (χ3v) is 4.26. The highest BCUT2D eigenvalue weighted by molar-refractivity contribution is 6.30. The second kappa shape index (κ2) is 9.36. The highest BCUT2D eigenvalue weighted by Gasteiger charge is 2.22. The van der Waals surface area contributed by atoms with Gasteiger partial charge in [-0.15, -0.1) is 0 Å². The summed E-state index contributed by atoms with van der Waals surface area (Å²) < 4.78 is 11.0. The Morgan fingerprint density at radius 2 is 2.09 bits per heavy atom. The fraction of sp³-hybridized carbons (Fsp3) is 0.647. The quantitative estimate of drug-likeness (QED) is 0.709. The number of piperidine rings is 1. The lowest BCUT2D eigenvalue weighted by Gasteiger charge is -2.29. The lowest BCUT2D eigenvalue weighted by Crippen LogP contribution is -3.14. The van der Waals surface area contributed by atoms with Crippen LogP contribution < -0.4 is 9.64 Å². The Hall–Kier alpha value is -0.810. The van der Waals surface area contributed by atoms with Gasteiger partial charge in [-0.1, -0.05) is 18.5 Å². The van der Waals surface area contributed by atoms with E-state index in [0.29, 0.717) is 24.8 Å². The summed E-state index contributed by atoms with van der Waals surface area (Å²) in [5.41, 5.74) is 0. The molecular weight excluding hydrogens is 302 g/mol. The van der Waals surface area contributed by atoms with E-state index in [-0.39, 0.29) is 0 Å². The van der Waals surface area contributed by atoms with E-state index in [4.69, 9.17) is 21.1 Å². The largest absolute Gasteiger partial charge is 0.491 e. The summed E-state index contributed by atoms with van der Waals surface area (Å²) in [7, 11) is 0. The monoisotopic (exact) mass is 328 g/mol. The van der Waals surface area contributed by atoms with Gasteiger partial charge in [0.1, 0.15) is 25.0 Å². The van der Waals surface area contributed by atoms with E-state index < -0.39 is 6.10 Å². The summed E-state index contributed by atoms with van der Waals surface area (Å²) in [6.07, 6.45) is 2.19. The maximum Gasteiger partial charge on any atom is 0.126 e. The van der Waals surface area contributed by atoms with E-state index in [9.17, 15) is 5.11 Å². The van der Waals surface area contributed by atoms with Gasteiger partial charge in [0, 0.05) is 10.9 Å². The summed E-state index contributed by atoms with van der Waals surface area (Å²) in [5, 5.41) is 10.7. The summed E-state index contributed by atoms with van der Waals surface area (Å²) in [4.78, 5) is 1.49. The molecule has 4 nitrogen and oxygen atoms in total. The van der Waals surface area contributed by atoms with Crippen LogP contribution in [0.15, 0.2) is 24.3 Å². The highest BCUT2D eigenvalue weighted by atomic mass is 35.5. The van der Waals surface area contributed by atoms with Crippen LogP contribution in [-0.4, -0.2) is 50.7 Å². The minimum atomic E-state index is -0.393. The lowest BCUT2D eigenvalue weighted by molar-refractivity contribution is -0.911. The van der Waals surface area contributed by atoms with Crippen molar-refractivity contribution in [3.05, 3.63) is 29.3 Å². The molecule has 1 fully saturated rings. The summed E-state index contributed by atoms with van der Waals surface area (Å²) in [6.45, 7) is 6.73. The maximum absolute atomic E-state index is 10.0. The van der Waals surface area contributed by atoms with Crippen LogP contribution in [0.1, 0.15) is 19.8 Å². The Kier molecular flexibility index (Phi) is 7.46. The molecule has 0 aliphatic carbocycles. The molecule has 1 aliphatic rings. The first-order valence-corrected chi connectivity index (χ1v) is 8.49. The SMILES string of the molecule is C[C@@H]1CCC[NH+](C[C@H](O)COCCOc2ccc(Cl)cc2)C1. The normalized spacial score (nSPS) is 23.2. The number of hydrogen-bond acceptors (Lipinski definition) is 3. The number of benzene rings is 1. The van der Waals surface area contributed by atoms with E-state index in [2.05, 4.69) is 6.92 Å². The van der Waals surface area contributed by atoms with Crippen LogP contribution in [0, 0.1) is 5.92 Å². The topological polar surface area (TPSA) is 43.1 Å². The second-order valence-electron chi connectivity index (χ2n) is 6.19. The predicted molar refractivity (Wildman–Crippen MR) is 87.7 cm³/mol. The van der Waals surface area contributed by atoms with Gasteiger partial charge >= 0.3 is 0 Å². The van der Waals surface area contributed by atoms with E-state index >= 15 is 0 Å². The molecule has 5 heteroatoms. The zero-order valence-electron chi connectivity index (χ0n) is 13.3. The number of aliphatic hydroxyl groups is 1. The Morgan fingerprint density at radius 3 is 2.82 bits per heavy atom. The van der Waals surface area contributed by atoms with Crippen molar-refractivity contribution < 1.29 is 19.5 Å². The van der Waals surface area contributed by atoms with Gasteiger partial charge in [-0.05, 0) is 37.1 Å². The fourth-order valence-electron chi connectivity index (χ4n) is 2.94. The number of ether oxygens (including phenoxy) is 2. The van der Waals surface area contributed by atoms with Gasteiger partial charge in [0.25, 0.3) is 0 Å². The highest BCUT2D eigenvalue weighted by Crippen LogP contribution is 2.15. The van der Waals surface area contributed by atoms with Crippen molar-refractivity contribution in [2.45, 2.75) is 25.9 Å². The maximum atomic E-state index is 10.0. The average Bonchev–Trinajstić information content (AvgIpc) is 2.49. The van der Waals surface area contributed by atoms with Gasteiger partial charge in [0.05, 0.1) is 26.3 Å². The summed E-state index contributed by atoms with van der Waals surface area (Å²) >= 11 is 5.81. The molecule has 1 saturated heterocycles. The van der Waals surface area contributed by atoms with Crippen LogP contribution in [0.2, 0.25) is 5.02 Å². The Balaban J connectivity index is 1.53. The van der Waals surface area contributed by atoms with Crippen molar-refractivity contribution in [3.63, 3.8) is 0 Å². The fourth-order valence-corrected chi connectivity index (χ4v) is 3.07. The number of likely N-dealkylation sites (tertiary alicyclic amines) is 1. The van der Waals surface area contributed by atoms with Crippen LogP contribution >= 0.6 is 11.6 Å². The molecule has 0 radical (unpaired) electrons. The smallest absolute Gasteiger partial charge is 0.126 e. The van der Waals surface area contributed by atoms with E-state index in [1.807, 2.05) is 12.1 Å². The molecule has 1 aromatic carbocycles. The van der Waals surface area contributed by atoms with E-state index in [1.54, 1.807) is 12.1 Å². The first kappa shape index (κ1) is 17.5. The van der Waals surface area contributed by atoms with Gasteiger partial charge in [-0.3, -0.25) is 0 Å². The summed E-state index contributed by atoms with van der Waals surface area (Å²) in [5.74, 6) is 1.55. The number of nitrogens with one attached hydrogen (secondary N) is 1. The molecule has 1 aliphatic heterocycles. The molecular formula is C17H27ClNO3+. The molecule has 1 heterocycles. The van der Waals surface area contributed by atoms with Crippen molar-refractivity contribution in [3.8, 4) is 5.75 Å². The lowest BCUT2D eigenvalue weighted by atomic mass is 10.0. The molecule has 0 bridgehead atoms. The molecule has 0 spiro atoms. The van der Waals surface area contributed by atoms with Gasteiger partial charge in [0.2, 0.25) is 0 Å². The Bertz CT molecular complexity index is 426. The van der Waals surface area contributed by atoms with Crippen LogP contribution in [-0.2, 0) is 4.74 Å². The molecule has 124 valence electrons. The number of halogens is 1. The Labute approximate surface area is 138 Å². The zero-order chi connectivity index (χ0) is 15.8. The van der Waals surface area contributed by atoms with Crippen molar-refractivity contribution in [1.29, 1.82) is 0 Å².